The van der Waals surface area contributed by atoms with E-state index in [1.54, 1.807) is 12.0 Å². The maximum absolute atomic E-state index is 11.7. The fourth-order valence-corrected chi connectivity index (χ4v) is 3.44. The molecule has 32 heavy (non-hydrogen) atoms. The van der Waals surface area contributed by atoms with Crippen LogP contribution < -0.4 is 20.1 Å². The maximum Gasteiger partial charge on any atom is 0.222 e. The van der Waals surface area contributed by atoms with Crippen LogP contribution in [0.5, 0.6) is 17.2 Å². The van der Waals surface area contributed by atoms with Crippen LogP contribution in [0.4, 0.5) is 0 Å². The van der Waals surface area contributed by atoms with Gasteiger partial charge in [0.2, 0.25) is 5.91 Å². The Bertz CT molecular complexity index is 872. The number of benzene rings is 2. The van der Waals surface area contributed by atoms with Crippen molar-refractivity contribution in [3.05, 3.63) is 54.1 Å². The lowest BCUT2D eigenvalue weighted by Crippen LogP contribution is -2.51. The summed E-state index contributed by atoms with van der Waals surface area (Å²) in [7, 11) is 3.50. The second-order valence-electron chi connectivity index (χ2n) is 7.59. The molecule has 1 saturated heterocycles. The Morgan fingerprint density at radius 2 is 1.72 bits per heavy atom. The number of amides is 1. The molecule has 1 aliphatic heterocycles. The van der Waals surface area contributed by atoms with E-state index in [9.17, 15) is 4.79 Å². The number of hydrogen-bond acceptors (Lipinski definition) is 4. The molecule has 0 saturated carbocycles. The molecule has 0 radical (unpaired) electrons. The minimum Gasteiger partial charge on any atom is -0.497 e. The second-order valence-corrected chi connectivity index (χ2v) is 7.59. The van der Waals surface area contributed by atoms with Crippen LogP contribution in [0.15, 0.2) is 53.5 Å². The summed E-state index contributed by atoms with van der Waals surface area (Å²) in [6.07, 6.45) is 2.25. The second kappa shape index (κ2) is 13.1. The Morgan fingerprint density at radius 1 is 1.09 bits per heavy atom. The number of carbonyl (C=O) groups is 1. The highest BCUT2D eigenvalue weighted by Crippen LogP contribution is 2.24. The van der Waals surface area contributed by atoms with Gasteiger partial charge < -0.3 is 25.0 Å². The summed E-state index contributed by atoms with van der Waals surface area (Å²) in [5.41, 5.74) is 1.20. The topological polar surface area (TPSA) is 75.2 Å². The summed E-state index contributed by atoms with van der Waals surface area (Å²) in [5.74, 6) is 3.38. The number of carbonyl (C=O) groups excluding carboxylic acids is 1. The van der Waals surface area contributed by atoms with E-state index in [0.717, 1.165) is 42.6 Å². The molecule has 0 spiro atoms. The fourth-order valence-electron chi connectivity index (χ4n) is 3.44. The van der Waals surface area contributed by atoms with Crippen molar-refractivity contribution in [2.75, 3.05) is 33.8 Å². The minimum atomic E-state index is 0. The molecule has 2 N–H and O–H groups in total. The van der Waals surface area contributed by atoms with Crippen molar-refractivity contribution in [2.45, 2.75) is 32.2 Å². The molecule has 0 aliphatic carbocycles. The standard InChI is InChI=1S/C24H32N4O3.HI/c1-4-25-24(27-19-7-14-23(29)28(2)17-19)26-16-15-18-5-8-21(9-6-18)31-22-12-10-20(30-3)11-13-22;/h5-6,8-13,19H,4,7,14-17H2,1-3H3,(H2,25,26,27);1H. The number of guanidine groups is 1. The smallest absolute Gasteiger partial charge is 0.222 e. The molecule has 8 heteroatoms. The number of rotatable bonds is 8. The number of nitrogens with one attached hydrogen (secondary N) is 2. The van der Waals surface area contributed by atoms with Gasteiger partial charge in [-0.1, -0.05) is 12.1 Å². The van der Waals surface area contributed by atoms with Crippen molar-refractivity contribution < 1.29 is 14.3 Å². The minimum absolute atomic E-state index is 0. The lowest BCUT2D eigenvalue weighted by atomic mass is 10.1. The molecule has 3 rings (SSSR count). The lowest BCUT2D eigenvalue weighted by Gasteiger charge is -2.31. The lowest BCUT2D eigenvalue weighted by molar-refractivity contribution is -0.132. The van der Waals surface area contributed by atoms with E-state index in [-0.39, 0.29) is 35.9 Å². The third kappa shape index (κ3) is 7.89. The number of piperidine rings is 1. The summed E-state index contributed by atoms with van der Waals surface area (Å²) < 4.78 is 11.0. The molecule has 0 aromatic heterocycles. The molecular formula is C24H33IN4O3. The fraction of sp³-hybridized carbons (Fsp3) is 0.417. The summed E-state index contributed by atoms with van der Waals surface area (Å²) >= 11 is 0. The van der Waals surface area contributed by atoms with Gasteiger partial charge in [0.15, 0.2) is 5.96 Å². The van der Waals surface area contributed by atoms with Gasteiger partial charge in [-0.2, -0.15) is 0 Å². The third-order valence-electron chi connectivity index (χ3n) is 5.20. The van der Waals surface area contributed by atoms with Crippen molar-refractivity contribution >= 4 is 35.8 Å². The summed E-state index contributed by atoms with van der Waals surface area (Å²) in [6, 6.07) is 15.8. The molecule has 7 nitrogen and oxygen atoms in total. The molecule has 1 heterocycles. The van der Waals surface area contributed by atoms with Gasteiger partial charge in [-0.25, -0.2) is 0 Å². The van der Waals surface area contributed by atoms with Crippen molar-refractivity contribution in [2.24, 2.45) is 4.99 Å². The number of nitrogens with zero attached hydrogens (tertiary/aromatic N) is 2. The van der Waals surface area contributed by atoms with Gasteiger partial charge in [0.05, 0.1) is 7.11 Å². The van der Waals surface area contributed by atoms with Crippen molar-refractivity contribution in [3.8, 4) is 17.2 Å². The zero-order chi connectivity index (χ0) is 22.1. The molecule has 1 amide bonds. The molecular weight excluding hydrogens is 519 g/mol. The summed E-state index contributed by atoms with van der Waals surface area (Å²) in [6.45, 7) is 4.23. The Morgan fingerprint density at radius 3 is 2.31 bits per heavy atom. The van der Waals surface area contributed by atoms with Crippen LogP contribution >= 0.6 is 24.0 Å². The van der Waals surface area contributed by atoms with Gasteiger partial charge in [-0.3, -0.25) is 9.79 Å². The molecule has 1 atom stereocenters. The molecule has 2 aromatic rings. The average Bonchev–Trinajstić information content (AvgIpc) is 2.78. The number of methoxy groups -OCH3 is 1. The first-order chi connectivity index (χ1) is 15.1. The molecule has 2 aromatic carbocycles. The van der Waals surface area contributed by atoms with Gasteiger partial charge >= 0.3 is 0 Å². The van der Waals surface area contributed by atoms with Gasteiger partial charge in [-0.15, -0.1) is 24.0 Å². The third-order valence-corrected chi connectivity index (χ3v) is 5.20. The van der Waals surface area contributed by atoms with Crippen LogP contribution in [0, 0.1) is 0 Å². The van der Waals surface area contributed by atoms with E-state index in [0.29, 0.717) is 19.5 Å². The van der Waals surface area contributed by atoms with E-state index < -0.39 is 0 Å². The monoisotopic (exact) mass is 552 g/mol. The van der Waals surface area contributed by atoms with Gasteiger partial charge in [0.1, 0.15) is 17.2 Å². The van der Waals surface area contributed by atoms with Crippen LogP contribution in [-0.2, 0) is 11.2 Å². The number of likely N-dealkylation sites (N-methyl/N-ethyl adjacent to an activating group) is 1. The van der Waals surface area contributed by atoms with Gasteiger partial charge in [0, 0.05) is 39.1 Å². The summed E-state index contributed by atoms with van der Waals surface area (Å²) in [4.78, 5) is 18.2. The highest BCUT2D eigenvalue weighted by Gasteiger charge is 2.23. The van der Waals surface area contributed by atoms with E-state index in [4.69, 9.17) is 14.5 Å². The first-order valence-corrected chi connectivity index (χ1v) is 10.8. The Labute approximate surface area is 207 Å². The van der Waals surface area contributed by atoms with Crippen molar-refractivity contribution in [1.29, 1.82) is 0 Å². The Kier molecular flexibility index (Phi) is 10.6. The molecule has 0 bridgehead atoms. The Hall–Kier alpha value is -2.49. The highest BCUT2D eigenvalue weighted by molar-refractivity contribution is 14.0. The van der Waals surface area contributed by atoms with E-state index >= 15 is 0 Å². The SMILES string of the molecule is CCNC(=NCCc1ccc(Oc2ccc(OC)cc2)cc1)NC1CCC(=O)N(C)C1.I. The molecule has 1 unspecified atom stereocenters. The van der Waals surface area contributed by atoms with Crippen LogP contribution in [0.1, 0.15) is 25.3 Å². The zero-order valence-corrected chi connectivity index (χ0v) is 21.3. The van der Waals surface area contributed by atoms with Crippen LogP contribution in [-0.4, -0.2) is 56.6 Å². The number of hydrogen-bond donors (Lipinski definition) is 2. The molecule has 1 fully saturated rings. The zero-order valence-electron chi connectivity index (χ0n) is 19.0. The summed E-state index contributed by atoms with van der Waals surface area (Å²) in [5, 5.41) is 6.75. The van der Waals surface area contributed by atoms with Crippen LogP contribution in [0.2, 0.25) is 0 Å². The van der Waals surface area contributed by atoms with Gasteiger partial charge in [-0.05, 0) is 61.7 Å². The molecule has 1 aliphatic rings. The van der Waals surface area contributed by atoms with Crippen molar-refractivity contribution in [3.63, 3.8) is 0 Å². The maximum atomic E-state index is 11.7. The number of halogens is 1. The highest BCUT2D eigenvalue weighted by atomic mass is 127. The molecule has 174 valence electrons. The van der Waals surface area contributed by atoms with E-state index in [1.165, 1.54) is 5.56 Å². The first-order valence-electron chi connectivity index (χ1n) is 10.8. The van der Waals surface area contributed by atoms with Crippen LogP contribution in [0.25, 0.3) is 0 Å². The average molecular weight is 552 g/mol. The number of aliphatic imine (C=N–C) groups is 1. The largest absolute Gasteiger partial charge is 0.497 e. The van der Waals surface area contributed by atoms with E-state index in [2.05, 4.69) is 29.7 Å². The quantitative estimate of drug-likeness (QED) is 0.296. The number of likely N-dealkylation sites (tertiary alicyclic amines) is 1. The number of ether oxygens (including phenoxy) is 2. The first kappa shape index (κ1) is 25.8. The van der Waals surface area contributed by atoms with Crippen LogP contribution in [0.3, 0.4) is 0 Å². The van der Waals surface area contributed by atoms with E-state index in [1.807, 2.05) is 43.4 Å². The van der Waals surface area contributed by atoms with Crippen molar-refractivity contribution in [1.82, 2.24) is 15.5 Å². The normalized spacial score (nSPS) is 16.2. The van der Waals surface area contributed by atoms with Gasteiger partial charge in [0.25, 0.3) is 0 Å². The predicted octanol–water partition coefficient (Wildman–Crippen LogP) is 3.82. The Balaban J connectivity index is 0.00000363. The predicted molar refractivity (Wildman–Crippen MR) is 138 cm³/mol.